The molecule has 1 aromatic carbocycles. The molecule has 1 N–H and O–H groups in total. The summed E-state index contributed by atoms with van der Waals surface area (Å²) in [5.41, 5.74) is 3.08. The zero-order valence-electron chi connectivity index (χ0n) is 12.1. The fourth-order valence-corrected chi connectivity index (χ4v) is 2.02. The Kier molecular flexibility index (Phi) is 4.33. The second-order valence-corrected chi connectivity index (χ2v) is 4.73. The summed E-state index contributed by atoms with van der Waals surface area (Å²) in [6.45, 7) is 3.91. The van der Waals surface area contributed by atoms with Gasteiger partial charge in [-0.3, -0.25) is 4.79 Å². The number of esters is 1. The van der Waals surface area contributed by atoms with Gasteiger partial charge in [0.1, 0.15) is 11.4 Å². The monoisotopic (exact) mass is 284 g/mol. The van der Waals surface area contributed by atoms with E-state index in [1.54, 1.807) is 12.1 Å². The fraction of sp³-hybridized carbons (Fsp3) is 0.188. The number of nitrogens with one attached hydrogen (secondary N) is 1. The number of carbonyl (C=O) groups excluding carboxylic acids is 2. The zero-order valence-corrected chi connectivity index (χ0v) is 12.1. The maximum Gasteiger partial charge on any atom is 0.356 e. The number of hydrogen-bond acceptors (Lipinski definition) is 4. The molecular weight excluding hydrogens is 268 g/mol. The quantitative estimate of drug-likeness (QED) is 0.880. The molecule has 0 saturated heterocycles. The predicted molar refractivity (Wildman–Crippen MR) is 79.4 cm³/mol. The van der Waals surface area contributed by atoms with Crippen LogP contribution in [-0.4, -0.2) is 24.0 Å². The first kappa shape index (κ1) is 14.7. The molecule has 2 aromatic rings. The van der Waals surface area contributed by atoms with Gasteiger partial charge in [0.05, 0.1) is 7.11 Å². The lowest BCUT2D eigenvalue weighted by Crippen LogP contribution is -2.16. The van der Waals surface area contributed by atoms with E-state index >= 15 is 0 Å². The smallest absolute Gasteiger partial charge is 0.356 e. The fourth-order valence-electron chi connectivity index (χ4n) is 2.02. The summed E-state index contributed by atoms with van der Waals surface area (Å²) in [4.78, 5) is 27.6. The Bertz CT molecular complexity index is 675. The van der Waals surface area contributed by atoms with Crippen LogP contribution in [0.4, 0.5) is 5.69 Å². The summed E-state index contributed by atoms with van der Waals surface area (Å²) >= 11 is 0. The van der Waals surface area contributed by atoms with Crippen molar-refractivity contribution in [2.24, 2.45) is 0 Å². The molecule has 1 amide bonds. The van der Waals surface area contributed by atoms with Crippen LogP contribution < -0.4 is 5.32 Å². The highest BCUT2D eigenvalue weighted by Crippen LogP contribution is 2.14. The number of amides is 1. The first-order valence-corrected chi connectivity index (χ1v) is 6.44. The van der Waals surface area contributed by atoms with E-state index in [2.05, 4.69) is 15.0 Å². The topological polar surface area (TPSA) is 68.3 Å². The van der Waals surface area contributed by atoms with Crippen molar-refractivity contribution in [2.75, 3.05) is 12.4 Å². The Morgan fingerprint density at radius 1 is 1.05 bits per heavy atom. The van der Waals surface area contributed by atoms with Crippen molar-refractivity contribution in [3.8, 4) is 0 Å². The molecule has 0 bridgehead atoms. The molecule has 0 aliphatic carbocycles. The first-order valence-electron chi connectivity index (χ1n) is 6.44. The van der Waals surface area contributed by atoms with Gasteiger partial charge in [0.15, 0.2) is 0 Å². The standard InChI is InChI=1S/C16H16N2O3/c1-10-7-11(2)9-12(8-10)17-15(19)13-5-4-6-14(18-13)16(20)21-3/h4-9H,1-3H3,(H,17,19). The van der Waals surface area contributed by atoms with E-state index in [1.807, 2.05) is 32.0 Å². The van der Waals surface area contributed by atoms with Gasteiger partial charge in [-0.05, 0) is 49.2 Å². The average Bonchev–Trinajstić information content (AvgIpc) is 2.45. The largest absolute Gasteiger partial charge is 0.464 e. The minimum Gasteiger partial charge on any atom is -0.464 e. The van der Waals surface area contributed by atoms with Crippen molar-refractivity contribution in [3.05, 3.63) is 58.9 Å². The SMILES string of the molecule is COC(=O)c1cccc(C(=O)Nc2cc(C)cc(C)c2)n1. The van der Waals surface area contributed by atoms with Gasteiger partial charge >= 0.3 is 5.97 Å². The molecular formula is C16H16N2O3. The van der Waals surface area contributed by atoms with E-state index in [-0.39, 0.29) is 17.3 Å². The zero-order chi connectivity index (χ0) is 15.4. The molecule has 0 aliphatic rings. The van der Waals surface area contributed by atoms with Crippen LogP contribution in [0.25, 0.3) is 0 Å². The second-order valence-electron chi connectivity index (χ2n) is 4.73. The molecule has 2 rings (SSSR count). The molecule has 0 unspecified atom stereocenters. The number of carbonyl (C=O) groups is 2. The molecule has 108 valence electrons. The number of aromatic nitrogens is 1. The Balaban J connectivity index is 2.22. The van der Waals surface area contributed by atoms with Gasteiger partial charge in [-0.2, -0.15) is 0 Å². The number of methoxy groups -OCH3 is 1. The average molecular weight is 284 g/mol. The van der Waals surface area contributed by atoms with Crippen LogP contribution in [-0.2, 0) is 4.74 Å². The number of benzene rings is 1. The van der Waals surface area contributed by atoms with E-state index in [0.717, 1.165) is 11.1 Å². The molecule has 1 aromatic heterocycles. The molecule has 0 atom stereocenters. The number of anilines is 1. The van der Waals surface area contributed by atoms with Crippen molar-refractivity contribution in [1.29, 1.82) is 0 Å². The van der Waals surface area contributed by atoms with Gasteiger partial charge in [0.25, 0.3) is 5.91 Å². The minimum absolute atomic E-state index is 0.102. The lowest BCUT2D eigenvalue weighted by atomic mass is 10.1. The van der Waals surface area contributed by atoms with Gasteiger partial charge in [0.2, 0.25) is 0 Å². The highest BCUT2D eigenvalue weighted by Gasteiger charge is 2.12. The maximum absolute atomic E-state index is 12.2. The summed E-state index contributed by atoms with van der Waals surface area (Å²) in [7, 11) is 1.27. The molecule has 0 aliphatic heterocycles. The minimum atomic E-state index is -0.573. The van der Waals surface area contributed by atoms with Crippen LogP contribution in [0, 0.1) is 13.8 Å². The predicted octanol–water partition coefficient (Wildman–Crippen LogP) is 2.74. The van der Waals surface area contributed by atoms with Gasteiger partial charge in [-0.15, -0.1) is 0 Å². The van der Waals surface area contributed by atoms with E-state index in [9.17, 15) is 9.59 Å². The Hall–Kier alpha value is -2.69. The van der Waals surface area contributed by atoms with Crippen molar-refractivity contribution in [3.63, 3.8) is 0 Å². The number of ether oxygens (including phenoxy) is 1. The van der Waals surface area contributed by atoms with Crippen molar-refractivity contribution in [1.82, 2.24) is 4.98 Å². The molecule has 0 saturated carbocycles. The summed E-state index contributed by atoms with van der Waals surface area (Å²) in [6.07, 6.45) is 0. The highest BCUT2D eigenvalue weighted by atomic mass is 16.5. The number of hydrogen-bond donors (Lipinski definition) is 1. The number of rotatable bonds is 3. The van der Waals surface area contributed by atoms with Crippen molar-refractivity contribution in [2.45, 2.75) is 13.8 Å². The highest BCUT2D eigenvalue weighted by molar-refractivity contribution is 6.03. The van der Waals surface area contributed by atoms with Crippen LogP contribution in [0.15, 0.2) is 36.4 Å². The van der Waals surface area contributed by atoms with Crippen LogP contribution in [0.2, 0.25) is 0 Å². The van der Waals surface area contributed by atoms with Gasteiger partial charge in [-0.25, -0.2) is 9.78 Å². The van der Waals surface area contributed by atoms with Crippen LogP contribution in [0.1, 0.15) is 32.1 Å². The summed E-state index contributed by atoms with van der Waals surface area (Å²) < 4.78 is 4.59. The Labute approximate surface area is 123 Å². The van der Waals surface area contributed by atoms with Gasteiger partial charge < -0.3 is 10.1 Å². The third-order valence-electron chi connectivity index (χ3n) is 2.86. The lowest BCUT2D eigenvalue weighted by Gasteiger charge is -2.07. The third-order valence-corrected chi connectivity index (χ3v) is 2.86. The van der Waals surface area contributed by atoms with Crippen LogP contribution in [0.5, 0.6) is 0 Å². The molecule has 1 heterocycles. The van der Waals surface area contributed by atoms with E-state index in [4.69, 9.17) is 0 Å². The molecule has 0 spiro atoms. The summed E-state index contributed by atoms with van der Waals surface area (Å²) in [6, 6.07) is 10.4. The van der Waals surface area contributed by atoms with Gasteiger partial charge in [0, 0.05) is 5.69 Å². The van der Waals surface area contributed by atoms with E-state index in [0.29, 0.717) is 5.69 Å². The summed E-state index contributed by atoms with van der Waals surface area (Å²) in [5, 5.41) is 2.77. The van der Waals surface area contributed by atoms with Crippen molar-refractivity contribution < 1.29 is 14.3 Å². The first-order chi connectivity index (χ1) is 9.99. The molecule has 0 radical (unpaired) electrons. The Morgan fingerprint density at radius 3 is 2.29 bits per heavy atom. The third kappa shape index (κ3) is 3.66. The van der Waals surface area contributed by atoms with E-state index in [1.165, 1.54) is 13.2 Å². The number of nitrogens with zero attached hydrogens (tertiary/aromatic N) is 1. The summed E-state index contributed by atoms with van der Waals surface area (Å²) in [5.74, 6) is -0.943. The molecule has 5 nitrogen and oxygen atoms in total. The maximum atomic E-state index is 12.2. The Morgan fingerprint density at radius 2 is 1.67 bits per heavy atom. The van der Waals surface area contributed by atoms with Gasteiger partial charge in [-0.1, -0.05) is 12.1 Å². The second kappa shape index (κ2) is 6.17. The molecule has 21 heavy (non-hydrogen) atoms. The van der Waals surface area contributed by atoms with Crippen LogP contribution in [0.3, 0.4) is 0 Å². The van der Waals surface area contributed by atoms with Crippen LogP contribution >= 0.6 is 0 Å². The van der Waals surface area contributed by atoms with Crippen molar-refractivity contribution >= 4 is 17.6 Å². The number of pyridine rings is 1. The molecule has 0 fully saturated rings. The number of aryl methyl sites for hydroxylation is 2. The van der Waals surface area contributed by atoms with E-state index < -0.39 is 5.97 Å². The molecule has 5 heteroatoms. The lowest BCUT2D eigenvalue weighted by molar-refractivity contribution is 0.0594. The normalized spacial score (nSPS) is 10.0.